The van der Waals surface area contributed by atoms with E-state index in [0.717, 1.165) is 21.9 Å². The first-order chi connectivity index (χ1) is 10.6. The first-order valence-corrected chi connectivity index (χ1v) is 8.77. The Bertz CT molecular complexity index is 910. The van der Waals surface area contributed by atoms with Crippen molar-refractivity contribution in [2.45, 2.75) is 5.75 Å². The molecule has 3 rings (SSSR count). The van der Waals surface area contributed by atoms with Gasteiger partial charge in [-0.05, 0) is 34.0 Å². The van der Waals surface area contributed by atoms with Gasteiger partial charge in [0.2, 0.25) is 0 Å². The van der Waals surface area contributed by atoms with Crippen LogP contribution in [0.25, 0.3) is 16.8 Å². The van der Waals surface area contributed by atoms with Gasteiger partial charge in [0.15, 0.2) is 9.84 Å². The molecule has 0 saturated heterocycles. The molecule has 0 fully saturated rings. The standard InChI is InChI=1S/C19H16O2S/c20-22(21,15-17-6-2-1-3-7-17)13-12-16-10-11-18-8-4-5-9-19(18)14-16/h1-14H,15H2/b13-12+. The van der Waals surface area contributed by atoms with Gasteiger partial charge >= 0.3 is 0 Å². The molecular weight excluding hydrogens is 292 g/mol. The molecule has 3 heteroatoms. The molecule has 2 nitrogen and oxygen atoms in total. The third kappa shape index (κ3) is 3.62. The smallest absolute Gasteiger partial charge is 0.175 e. The fraction of sp³-hybridized carbons (Fsp3) is 0.0526. The van der Waals surface area contributed by atoms with Crippen LogP contribution in [-0.4, -0.2) is 8.42 Å². The fourth-order valence-corrected chi connectivity index (χ4v) is 3.47. The second-order valence-corrected chi connectivity index (χ2v) is 7.09. The van der Waals surface area contributed by atoms with Crippen molar-refractivity contribution in [2.24, 2.45) is 0 Å². The van der Waals surface area contributed by atoms with Gasteiger partial charge in [-0.1, -0.05) is 66.7 Å². The quantitative estimate of drug-likeness (QED) is 0.714. The fourth-order valence-electron chi connectivity index (χ4n) is 2.35. The molecule has 0 aliphatic heterocycles. The molecule has 0 saturated carbocycles. The van der Waals surface area contributed by atoms with E-state index in [2.05, 4.69) is 0 Å². The van der Waals surface area contributed by atoms with Crippen LogP contribution in [0.2, 0.25) is 0 Å². The minimum Gasteiger partial charge on any atom is -0.224 e. The highest BCUT2D eigenvalue weighted by molar-refractivity contribution is 7.93. The van der Waals surface area contributed by atoms with E-state index in [0.29, 0.717) is 0 Å². The predicted octanol–water partition coefficient (Wildman–Crippen LogP) is 4.43. The second-order valence-electron chi connectivity index (χ2n) is 5.20. The van der Waals surface area contributed by atoms with Crippen LogP contribution in [0.4, 0.5) is 0 Å². The van der Waals surface area contributed by atoms with Gasteiger partial charge in [0, 0.05) is 5.41 Å². The summed E-state index contributed by atoms with van der Waals surface area (Å²) in [4.78, 5) is 0. The monoisotopic (exact) mass is 308 g/mol. The molecule has 0 N–H and O–H groups in total. The number of benzene rings is 3. The van der Waals surface area contributed by atoms with Crippen molar-refractivity contribution in [3.05, 3.63) is 89.3 Å². The molecule has 0 radical (unpaired) electrons. The number of fused-ring (bicyclic) bond motifs is 1. The van der Waals surface area contributed by atoms with E-state index in [1.165, 1.54) is 5.41 Å². The van der Waals surface area contributed by atoms with Gasteiger partial charge in [-0.15, -0.1) is 0 Å². The highest BCUT2D eigenvalue weighted by atomic mass is 32.2. The summed E-state index contributed by atoms with van der Waals surface area (Å²) in [6, 6.07) is 23.1. The van der Waals surface area contributed by atoms with Gasteiger partial charge in [0.1, 0.15) is 0 Å². The van der Waals surface area contributed by atoms with Gasteiger partial charge < -0.3 is 0 Å². The van der Waals surface area contributed by atoms with Gasteiger partial charge in [0.25, 0.3) is 0 Å². The number of hydrogen-bond donors (Lipinski definition) is 0. The zero-order valence-electron chi connectivity index (χ0n) is 12.0. The molecule has 0 heterocycles. The number of sulfone groups is 1. The largest absolute Gasteiger partial charge is 0.224 e. The molecule has 0 bridgehead atoms. The average Bonchev–Trinajstić information content (AvgIpc) is 2.53. The molecule has 0 amide bonds. The van der Waals surface area contributed by atoms with Crippen LogP contribution < -0.4 is 0 Å². The van der Waals surface area contributed by atoms with Crippen LogP contribution >= 0.6 is 0 Å². The van der Waals surface area contributed by atoms with Crippen LogP contribution in [0.15, 0.2) is 78.2 Å². The summed E-state index contributed by atoms with van der Waals surface area (Å²) in [5, 5.41) is 3.54. The van der Waals surface area contributed by atoms with Crippen molar-refractivity contribution >= 4 is 26.7 Å². The van der Waals surface area contributed by atoms with E-state index < -0.39 is 9.84 Å². The Balaban J connectivity index is 1.82. The SMILES string of the molecule is O=S(=O)(/C=C/c1ccc2ccccc2c1)Cc1ccccc1. The van der Waals surface area contributed by atoms with Crippen molar-refractivity contribution < 1.29 is 8.42 Å². The molecule has 110 valence electrons. The lowest BCUT2D eigenvalue weighted by Crippen LogP contribution is -1.99. The van der Waals surface area contributed by atoms with Crippen molar-refractivity contribution in [1.82, 2.24) is 0 Å². The lowest BCUT2D eigenvalue weighted by molar-refractivity contribution is 0.604. The molecule has 0 spiro atoms. The Kier molecular flexibility index (Phi) is 4.07. The predicted molar refractivity (Wildman–Crippen MR) is 92.0 cm³/mol. The summed E-state index contributed by atoms with van der Waals surface area (Å²) in [5.74, 6) is 0.0257. The van der Waals surface area contributed by atoms with E-state index >= 15 is 0 Å². The van der Waals surface area contributed by atoms with Gasteiger partial charge in [0.05, 0.1) is 5.75 Å². The average molecular weight is 308 g/mol. The van der Waals surface area contributed by atoms with Crippen LogP contribution in [0.5, 0.6) is 0 Å². The Morgan fingerprint density at radius 2 is 1.45 bits per heavy atom. The minimum absolute atomic E-state index is 0.0257. The summed E-state index contributed by atoms with van der Waals surface area (Å²) in [7, 11) is -3.27. The van der Waals surface area contributed by atoms with E-state index in [-0.39, 0.29) is 5.75 Å². The minimum atomic E-state index is -3.27. The molecule has 0 aliphatic carbocycles. The summed E-state index contributed by atoms with van der Waals surface area (Å²) in [6.45, 7) is 0. The second kappa shape index (κ2) is 6.16. The highest BCUT2D eigenvalue weighted by Crippen LogP contribution is 2.17. The highest BCUT2D eigenvalue weighted by Gasteiger charge is 2.07. The van der Waals surface area contributed by atoms with Crippen LogP contribution in [0.3, 0.4) is 0 Å². The molecule has 3 aromatic carbocycles. The van der Waals surface area contributed by atoms with Crippen LogP contribution in [-0.2, 0) is 15.6 Å². The summed E-state index contributed by atoms with van der Waals surface area (Å²) in [5.41, 5.74) is 1.68. The topological polar surface area (TPSA) is 34.1 Å². The van der Waals surface area contributed by atoms with Crippen molar-refractivity contribution in [3.8, 4) is 0 Å². The maximum Gasteiger partial charge on any atom is 0.175 e. The Morgan fingerprint density at radius 1 is 0.773 bits per heavy atom. The maximum absolute atomic E-state index is 12.2. The zero-order chi connectivity index (χ0) is 15.4. The maximum atomic E-state index is 12.2. The van der Waals surface area contributed by atoms with Gasteiger partial charge in [-0.2, -0.15) is 0 Å². The molecular formula is C19H16O2S. The van der Waals surface area contributed by atoms with Crippen molar-refractivity contribution in [1.29, 1.82) is 0 Å². The first kappa shape index (κ1) is 14.5. The number of hydrogen-bond acceptors (Lipinski definition) is 2. The van der Waals surface area contributed by atoms with Gasteiger partial charge in [-0.3, -0.25) is 0 Å². The lowest BCUT2D eigenvalue weighted by atomic mass is 10.1. The van der Waals surface area contributed by atoms with E-state index in [1.807, 2.05) is 72.8 Å². The molecule has 22 heavy (non-hydrogen) atoms. The molecule has 3 aromatic rings. The Labute approximate surface area is 130 Å². The molecule has 0 aliphatic rings. The Morgan fingerprint density at radius 3 is 2.23 bits per heavy atom. The summed E-state index contributed by atoms with van der Waals surface area (Å²) in [6.07, 6.45) is 1.66. The molecule has 0 aromatic heterocycles. The van der Waals surface area contributed by atoms with E-state index in [4.69, 9.17) is 0 Å². The van der Waals surface area contributed by atoms with Crippen molar-refractivity contribution in [3.63, 3.8) is 0 Å². The molecule has 0 unspecified atom stereocenters. The van der Waals surface area contributed by atoms with Crippen LogP contribution in [0.1, 0.15) is 11.1 Å². The third-order valence-electron chi connectivity index (χ3n) is 3.45. The molecule has 0 atom stereocenters. The zero-order valence-corrected chi connectivity index (χ0v) is 12.8. The lowest BCUT2D eigenvalue weighted by Gasteiger charge is -2.01. The normalized spacial score (nSPS) is 12.0. The third-order valence-corrected chi connectivity index (χ3v) is 4.74. The van der Waals surface area contributed by atoms with Crippen LogP contribution in [0, 0.1) is 0 Å². The summed E-state index contributed by atoms with van der Waals surface area (Å²) >= 11 is 0. The Hall–Kier alpha value is -2.39. The van der Waals surface area contributed by atoms with E-state index in [1.54, 1.807) is 6.08 Å². The number of rotatable bonds is 4. The summed E-state index contributed by atoms with van der Waals surface area (Å²) < 4.78 is 24.3. The van der Waals surface area contributed by atoms with Gasteiger partial charge in [-0.25, -0.2) is 8.42 Å². The van der Waals surface area contributed by atoms with Crippen molar-refractivity contribution in [2.75, 3.05) is 0 Å². The first-order valence-electron chi connectivity index (χ1n) is 7.06. The van der Waals surface area contributed by atoms with E-state index in [9.17, 15) is 8.42 Å².